The molecule has 1 aromatic carbocycles. The number of hydrogen-bond donors (Lipinski definition) is 0. The van der Waals surface area contributed by atoms with Crippen LogP contribution in [0.25, 0.3) is 11.3 Å². The number of anilines is 1. The third-order valence-electron chi connectivity index (χ3n) is 4.38. The molecule has 26 heavy (non-hydrogen) atoms. The highest BCUT2D eigenvalue weighted by Gasteiger charge is 2.23. The SMILES string of the molecule is COC(=O)CN1CCN(c2ccc([N+](=O)[O-])c(-c3ccccc3)n2)CC1. The monoisotopic (exact) mass is 356 g/mol. The van der Waals surface area contributed by atoms with Crippen molar-refractivity contribution in [1.82, 2.24) is 9.88 Å². The van der Waals surface area contributed by atoms with E-state index in [1.54, 1.807) is 6.07 Å². The molecule has 8 heteroatoms. The molecule has 0 aliphatic carbocycles. The highest BCUT2D eigenvalue weighted by Crippen LogP contribution is 2.30. The fourth-order valence-corrected chi connectivity index (χ4v) is 2.96. The minimum absolute atomic E-state index is 0.00993. The van der Waals surface area contributed by atoms with Crippen LogP contribution in [0.4, 0.5) is 11.5 Å². The van der Waals surface area contributed by atoms with Crippen LogP contribution < -0.4 is 4.90 Å². The molecule has 1 aliphatic heterocycles. The van der Waals surface area contributed by atoms with E-state index in [0.717, 1.165) is 0 Å². The van der Waals surface area contributed by atoms with Gasteiger partial charge in [-0.1, -0.05) is 30.3 Å². The largest absolute Gasteiger partial charge is 0.468 e. The molecule has 2 heterocycles. The highest BCUT2D eigenvalue weighted by atomic mass is 16.6. The average Bonchev–Trinajstić information content (AvgIpc) is 2.68. The van der Waals surface area contributed by atoms with Gasteiger partial charge in [-0.2, -0.15) is 0 Å². The zero-order chi connectivity index (χ0) is 18.5. The van der Waals surface area contributed by atoms with Crippen molar-refractivity contribution in [1.29, 1.82) is 0 Å². The van der Waals surface area contributed by atoms with E-state index in [0.29, 0.717) is 43.3 Å². The number of carbonyl (C=O) groups excluding carboxylic acids is 1. The Morgan fingerprint density at radius 2 is 1.85 bits per heavy atom. The van der Waals surface area contributed by atoms with E-state index in [1.165, 1.54) is 13.2 Å². The van der Waals surface area contributed by atoms with Crippen LogP contribution in [0.2, 0.25) is 0 Å². The van der Waals surface area contributed by atoms with E-state index in [4.69, 9.17) is 4.74 Å². The van der Waals surface area contributed by atoms with Crippen molar-refractivity contribution < 1.29 is 14.5 Å². The molecular formula is C18H20N4O4. The van der Waals surface area contributed by atoms with Gasteiger partial charge in [0.2, 0.25) is 0 Å². The van der Waals surface area contributed by atoms with Crippen LogP contribution in [0.5, 0.6) is 0 Å². The third kappa shape index (κ3) is 3.97. The summed E-state index contributed by atoms with van der Waals surface area (Å²) in [6.07, 6.45) is 0. The van der Waals surface area contributed by atoms with E-state index in [1.807, 2.05) is 35.2 Å². The Hall–Kier alpha value is -3.00. The number of esters is 1. The second-order valence-corrected chi connectivity index (χ2v) is 6.00. The molecule has 1 aromatic heterocycles. The molecule has 0 saturated carbocycles. The van der Waals surface area contributed by atoms with E-state index >= 15 is 0 Å². The van der Waals surface area contributed by atoms with Gasteiger partial charge in [0.05, 0.1) is 18.6 Å². The number of rotatable bonds is 5. The Bertz CT molecular complexity index is 789. The number of piperazine rings is 1. The second kappa shape index (κ2) is 7.92. The first-order valence-electron chi connectivity index (χ1n) is 8.33. The summed E-state index contributed by atoms with van der Waals surface area (Å²) in [6, 6.07) is 12.3. The number of nitrogens with zero attached hydrogens (tertiary/aromatic N) is 4. The number of hydrogen-bond acceptors (Lipinski definition) is 7. The summed E-state index contributed by atoms with van der Waals surface area (Å²) in [7, 11) is 1.38. The summed E-state index contributed by atoms with van der Waals surface area (Å²) < 4.78 is 4.69. The summed E-state index contributed by atoms with van der Waals surface area (Å²) in [6.45, 7) is 3.06. The van der Waals surface area contributed by atoms with Crippen molar-refractivity contribution in [2.24, 2.45) is 0 Å². The first kappa shape index (κ1) is 17.8. The molecule has 1 saturated heterocycles. The number of methoxy groups -OCH3 is 1. The summed E-state index contributed by atoms with van der Waals surface area (Å²) >= 11 is 0. The first-order valence-corrected chi connectivity index (χ1v) is 8.33. The quantitative estimate of drug-likeness (QED) is 0.459. The van der Waals surface area contributed by atoms with E-state index in [-0.39, 0.29) is 18.2 Å². The number of nitro groups is 1. The molecule has 136 valence electrons. The van der Waals surface area contributed by atoms with E-state index in [2.05, 4.69) is 9.88 Å². The van der Waals surface area contributed by atoms with Crippen molar-refractivity contribution in [2.75, 3.05) is 44.7 Å². The van der Waals surface area contributed by atoms with Crippen LogP contribution in [0.15, 0.2) is 42.5 Å². The van der Waals surface area contributed by atoms with Gasteiger partial charge in [-0.25, -0.2) is 4.98 Å². The smallest absolute Gasteiger partial charge is 0.319 e. The Labute approximate surface area is 151 Å². The van der Waals surface area contributed by atoms with Gasteiger partial charge in [0.15, 0.2) is 5.69 Å². The second-order valence-electron chi connectivity index (χ2n) is 6.00. The van der Waals surface area contributed by atoms with Crippen LogP contribution >= 0.6 is 0 Å². The van der Waals surface area contributed by atoms with Crippen molar-refractivity contribution in [3.63, 3.8) is 0 Å². The normalized spacial score (nSPS) is 14.9. The van der Waals surface area contributed by atoms with Gasteiger partial charge < -0.3 is 9.64 Å². The zero-order valence-corrected chi connectivity index (χ0v) is 14.5. The number of ether oxygens (including phenoxy) is 1. The molecule has 0 amide bonds. The molecule has 1 fully saturated rings. The number of carbonyl (C=O) groups is 1. The van der Waals surface area contributed by atoms with Crippen LogP contribution in [-0.4, -0.2) is 60.6 Å². The van der Waals surface area contributed by atoms with Crippen molar-refractivity contribution >= 4 is 17.5 Å². The van der Waals surface area contributed by atoms with Gasteiger partial charge in [0.1, 0.15) is 5.82 Å². The van der Waals surface area contributed by atoms with Crippen LogP contribution in [-0.2, 0) is 9.53 Å². The molecule has 1 aliphatic rings. The van der Waals surface area contributed by atoms with Crippen molar-refractivity contribution in [3.8, 4) is 11.3 Å². The van der Waals surface area contributed by atoms with Crippen molar-refractivity contribution in [2.45, 2.75) is 0 Å². The fourth-order valence-electron chi connectivity index (χ4n) is 2.96. The Kier molecular flexibility index (Phi) is 5.43. The lowest BCUT2D eigenvalue weighted by atomic mass is 10.1. The fraction of sp³-hybridized carbons (Fsp3) is 0.333. The predicted octanol–water partition coefficient (Wildman–Crippen LogP) is 1.95. The molecule has 0 unspecified atom stereocenters. The molecular weight excluding hydrogens is 336 g/mol. The maximum Gasteiger partial charge on any atom is 0.319 e. The van der Waals surface area contributed by atoms with Gasteiger partial charge >= 0.3 is 5.97 Å². The average molecular weight is 356 g/mol. The summed E-state index contributed by atoms with van der Waals surface area (Å²) in [5.74, 6) is 0.449. The summed E-state index contributed by atoms with van der Waals surface area (Å²) in [5, 5.41) is 11.4. The molecule has 3 rings (SSSR count). The Morgan fingerprint density at radius 1 is 1.15 bits per heavy atom. The van der Waals surface area contributed by atoms with E-state index in [9.17, 15) is 14.9 Å². The number of pyridine rings is 1. The van der Waals surface area contributed by atoms with Crippen LogP contribution in [0.1, 0.15) is 0 Å². The lowest BCUT2D eigenvalue weighted by Crippen LogP contribution is -2.48. The predicted molar refractivity (Wildman–Crippen MR) is 97.0 cm³/mol. The van der Waals surface area contributed by atoms with Crippen LogP contribution in [0, 0.1) is 10.1 Å². The molecule has 0 bridgehead atoms. The summed E-state index contributed by atoms with van der Waals surface area (Å²) in [5.41, 5.74) is 1.07. The standard InChI is InChI=1S/C18H20N4O4/c1-26-17(23)13-20-9-11-21(12-10-20)16-8-7-15(22(24)25)18(19-16)14-5-3-2-4-6-14/h2-8H,9-13H2,1H3. The maximum atomic E-state index is 11.4. The molecule has 0 atom stereocenters. The van der Waals surface area contributed by atoms with Crippen LogP contribution in [0.3, 0.4) is 0 Å². The third-order valence-corrected chi connectivity index (χ3v) is 4.38. The van der Waals surface area contributed by atoms with Gasteiger partial charge in [-0.15, -0.1) is 0 Å². The number of aromatic nitrogens is 1. The van der Waals surface area contributed by atoms with Crippen molar-refractivity contribution in [3.05, 3.63) is 52.6 Å². The van der Waals surface area contributed by atoms with E-state index < -0.39 is 4.92 Å². The molecule has 2 aromatic rings. The molecule has 0 radical (unpaired) electrons. The van der Waals surface area contributed by atoms with Gasteiger partial charge in [-0.3, -0.25) is 19.8 Å². The molecule has 0 N–H and O–H groups in total. The lowest BCUT2D eigenvalue weighted by Gasteiger charge is -2.34. The minimum Gasteiger partial charge on any atom is -0.468 e. The van der Waals surface area contributed by atoms with Gasteiger partial charge in [-0.05, 0) is 6.07 Å². The Balaban J connectivity index is 1.80. The zero-order valence-electron chi connectivity index (χ0n) is 14.5. The maximum absolute atomic E-state index is 11.4. The lowest BCUT2D eigenvalue weighted by molar-refractivity contribution is -0.384. The highest BCUT2D eigenvalue weighted by molar-refractivity contribution is 5.72. The molecule has 8 nitrogen and oxygen atoms in total. The topological polar surface area (TPSA) is 88.8 Å². The van der Waals surface area contributed by atoms with Gasteiger partial charge in [0.25, 0.3) is 5.69 Å². The van der Waals surface area contributed by atoms with Gasteiger partial charge in [0, 0.05) is 37.8 Å². The Morgan fingerprint density at radius 3 is 2.46 bits per heavy atom. The summed E-state index contributed by atoms with van der Waals surface area (Å²) in [4.78, 5) is 31.0. The first-order chi connectivity index (χ1) is 12.6. The number of benzene rings is 1. The minimum atomic E-state index is -0.409. The molecule has 0 spiro atoms.